The van der Waals surface area contributed by atoms with E-state index in [-0.39, 0.29) is 22.7 Å². The van der Waals surface area contributed by atoms with Gasteiger partial charge in [-0.3, -0.25) is 4.90 Å². The maximum absolute atomic E-state index is 14.3. The van der Waals surface area contributed by atoms with Crippen LogP contribution in [0.4, 0.5) is 13.2 Å². The van der Waals surface area contributed by atoms with Gasteiger partial charge in [0.2, 0.25) is 0 Å². The molecular formula is C26H24ClF3N2S. The monoisotopic (exact) mass is 488 g/mol. The fraction of sp³-hybridized carbons (Fsp3) is 0.308. The molecule has 0 amide bonds. The van der Waals surface area contributed by atoms with Crippen LogP contribution in [0.3, 0.4) is 0 Å². The summed E-state index contributed by atoms with van der Waals surface area (Å²) in [4.78, 5) is 6.48. The van der Waals surface area contributed by atoms with Crippen molar-refractivity contribution >= 4 is 23.4 Å². The summed E-state index contributed by atoms with van der Waals surface area (Å²) in [7, 11) is 0. The van der Waals surface area contributed by atoms with E-state index in [0.29, 0.717) is 0 Å². The summed E-state index contributed by atoms with van der Waals surface area (Å²) in [5, 5.41) is 0.120. The van der Waals surface area contributed by atoms with E-state index in [9.17, 15) is 13.2 Å². The number of piperazine rings is 1. The van der Waals surface area contributed by atoms with Gasteiger partial charge in [-0.2, -0.15) is 0 Å². The zero-order valence-electron chi connectivity index (χ0n) is 18.0. The second-order valence-corrected chi connectivity index (χ2v) is 10.1. The average Bonchev–Trinajstić information content (AvgIpc) is 2.96. The van der Waals surface area contributed by atoms with E-state index in [1.165, 1.54) is 42.1 Å². The van der Waals surface area contributed by atoms with Crippen LogP contribution >= 0.6 is 23.4 Å². The molecule has 2 aliphatic heterocycles. The highest BCUT2D eigenvalue weighted by Crippen LogP contribution is 2.44. The number of nitrogens with zero attached hydrogens (tertiary/aromatic N) is 2. The topological polar surface area (TPSA) is 6.48 Å². The predicted octanol–water partition coefficient (Wildman–Crippen LogP) is 6.37. The Hall–Kier alpha value is -1.99. The highest BCUT2D eigenvalue weighted by atomic mass is 35.5. The molecule has 0 radical (unpaired) electrons. The van der Waals surface area contributed by atoms with Gasteiger partial charge in [0.05, 0.1) is 5.02 Å². The van der Waals surface area contributed by atoms with E-state index in [2.05, 4.69) is 9.80 Å². The Kier molecular flexibility index (Phi) is 6.70. The van der Waals surface area contributed by atoms with E-state index in [0.717, 1.165) is 72.0 Å². The average molecular weight is 489 g/mol. The summed E-state index contributed by atoms with van der Waals surface area (Å²) in [6.07, 6.45) is 1.62. The summed E-state index contributed by atoms with van der Waals surface area (Å²) in [6, 6.07) is 14.8. The van der Waals surface area contributed by atoms with Gasteiger partial charge in [-0.1, -0.05) is 41.6 Å². The van der Waals surface area contributed by atoms with Crippen molar-refractivity contribution in [1.29, 1.82) is 0 Å². The van der Waals surface area contributed by atoms with Crippen molar-refractivity contribution in [2.24, 2.45) is 0 Å². The first-order valence-electron chi connectivity index (χ1n) is 11.1. The van der Waals surface area contributed by atoms with E-state index < -0.39 is 5.82 Å². The molecule has 0 saturated carbocycles. The third-order valence-corrected chi connectivity index (χ3v) is 8.01. The molecule has 1 fully saturated rings. The van der Waals surface area contributed by atoms with Gasteiger partial charge in [-0.05, 0) is 65.9 Å². The van der Waals surface area contributed by atoms with Crippen LogP contribution in [-0.2, 0) is 12.8 Å². The summed E-state index contributed by atoms with van der Waals surface area (Å²) in [6.45, 7) is 4.53. The lowest BCUT2D eigenvalue weighted by Crippen LogP contribution is -2.48. The van der Waals surface area contributed by atoms with Crippen LogP contribution in [-0.4, -0.2) is 42.5 Å². The van der Waals surface area contributed by atoms with Crippen molar-refractivity contribution in [3.63, 3.8) is 0 Å². The molecule has 33 heavy (non-hydrogen) atoms. The molecule has 2 aliphatic rings. The predicted molar refractivity (Wildman–Crippen MR) is 126 cm³/mol. The molecule has 0 bridgehead atoms. The number of hydrogen-bond acceptors (Lipinski definition) is 3. The smallest absolute Gasteiger partial charge is 0.142 e. The van der Waals surface area contributed by atoms with Crippen molar-refractivity contribution in [3.05, 3.63) is 93.8 Å². The molecule has 0 N–H and O–H groups in total. The maximum atomic E-state index is 14.3. The Morgan fingerprint density at radius 1 is 0.848 bits per heavy atom. The highest BCUT2D eigenvalue weighted by Gasteiger charge is 2.31. The largest absolute Gasteiger partial charge is 0.300 e. The third kappa shape index (κ3) is 5.09. The van der Waals surface area contributed by atoms with Crippen molar-refractivity contribution in [1.82, 2.24) is 9.80 Å². The molecule has 3 aromatic carbocycles. The normalized spacial score (nSPS) is 19.1. The van der Waals surface area contributed by atoms with Gasteiger partial charge >= 0.3 is 0 Å². The SMILES string of the molecule is Fc1ccc(CCN2CCN([C@@H]3Cc4ccc(F)cc4Sc4cc(F)c(Cl)cc43)CC2)cc1. The molecule has 2 nitrogen and oxygen atoms in total. The van der Waals surface area contributed by atoms with Gasteiger partial charge < -0.3 is 4.90 Å². The Labute approximate surface area is 201 Å². The number of hydrogen-bond donors (Lipinski definition) is 0. The third-order valence-electron chi connectivity index (χ3n) is 6.55. The van der Waals surface area contributed by atoms with Crippen LogP contribution in [0.5, 0.6) is 0 Å². The van der Waals surface area contributed by atoms with Crippen LogP contribution in [0, 0.1) is 17.5 Å². The van der Waals surface area contributed by atoms with E-state index in [1.807, 2.05) is 18.2 Å². The second kappa shape index (κ2) is 9.71. The first-order chi connectivity index (χ1) is 16.0. The molecule has 1 atom stereocenters. The fourth-order valence-electron chi connectivity index (χ4n) is 4.68. The van der Waals surface area contributed by atoms with Crippen LogP contribution in [0.1, 0.15) is 22.7 Å². The molecule has 0 aromatic heterocycles. The molecule has 172 valence electrons. The van der Waals surface area contributed by atoms with E-state index >= 15 is 0 Å². The first kappa shape index (κ1) is 22.8. The van der Waals surface area contributed by atoms with Gasteiger partial charge in [0, 0.05) is 48.6 Å². The molecular weight excluding hydrogens is 465 g/mol. The number of halogens is 4. The highest BCUT2D eigenvalue weighted by molar-refractivity contribution is 7.99. The number of rotatable bonds is 4. The Balaban J connectivity index is 1.32. The van der Waals surface area contributed by atoms with E-state index in [1.54, 1.807) is 6.07 Å². The second-order valence-electron chi connectivity index (χ2n) is 8.63. The van der Waals surface area contributed by atoms with Crippen molar-refractivity contribution in [2.75, 3.05) is 32.7 Å². The van der Waals surface area contributed by atoms with E-state index in [4.69, 9.17) is 11.6 Å². The van der Waals surface area contributed by atoms with Crippen molar-refractivity contribution in [2.45, 2.75) is 28.7 Å². The fourth-order valence-corrected chi connectivity index (χ4v) is 6.02. The van der Waals surface area contributed by atoms with Gasteiger partial charge in [0.25, 0.3) is 0 Å². The summed E-state index contributed by atoms with van der Waals surface area (Å²) in [5.41, 5.74) is 3.20. The van der Waals surface area contributed by atoms with Crippen LogP contribution < -0.4 is 0 Å². The minimum absolute atomic E-state index is 0.0524. The summed E-state index contributed by atoms with van der Waals surface area (Å²) in [5.74, 6) is -0.948. The maximum Gasteiger partial charge on any atom is 0.142 e. The van der Waals surface area contributed by atoms with Gasteiger partial charge in [-0.25, -0.2) is 13.2 Å². The molecule has 7 heteroatoms. The van der Waals surface area contributed by atoms with Crippen LogP contribution in [0.25, 0.3) is 0 Å². The van der Waals surface area contributed by atoms with Crippen molar-refractivity contribution in [3.8, 4) is 0 Å². The molecule has 5 rings (SSSR count). The molecule has 0 unspecified atom stereocenters. The van der Waals surface area contributed by atoms with Crippen molar-refractivity contribution < 1.29 is 13.2 Å². The molecule has 1 saturated heterocycles. The molecule has 0 aliphatic carbocycles. The lowest BCUT2D eigenvalue weighted by atomic mass is 9.96. The molecule has 0 spiro atoms. The molecule has 2 heterocycles. The van der Waals surface area contributed by atoms with Gasteiger partial charge in [0.1, 0.15) is 17.5 Å². The number of fused-ring (bicyclic) bond motifs is 2. The van der Waals surface area contributed by atoms with Crippen LogP contribution in [0.2, 0.25) is 5.02 Å². The van der Waals surface area contributed by atoms with Gasteiger partial charge in [0.15, 0.2) is 0 Å². The summed E-state index contributed by atoms with van der Waals surface area (Å²) < 4.78 is 41.3. The first-order valence-corrected chi connectivity index (χ1v) is 12.3. The number of benzene rings is 3. The minimum atomic E-state index is -0.452. The van der Waals surface area contributed by atoms with Crippen LogP contribution in [0.15, 0.2) is 64.4 Å². The Morgan fingerprint density at radius 2 is 1.58 bits per heavy atom. The Bertz CT molecular complexity index is 1150. The summed E-state index contributed by atoms with van der Waals surface area (Å²) >= 11 is 7.59. The zero-order valence-corrected chi connectivity index (χ0v) is 19.6. The lowest BCUT2D eigenvalue weighted by molar-refractivity contribution is 0.0950. The molecule has 3 aromatic rings. The van der Waals surface area contributed by atoms with Gasteiger partial charge in [-0.15, -0.1) is 0 Å². The minimum Gasteiger partial charge on any atom is -0.300 e. The zero-order chi connectivity index (χ0) is 22.9. The standard InChI is InChI=1S/C26H24ClF3N2S/c27-22-15-21-24(13-18-3-6-20(29)14-25(18)33-26(21)16-23(22)30)32-11-9-31(10-12-32)8-7-17-1-4-19(28)5-2-17/h1-6,14-16,24H,7-13H2/t24-/m1/s1. The lowest BCUT2D eigenvalue weighted by Gasteiger charge is -2.39. The Morgan fingerprint density at radius 3 is 2.33 bits per heavy atom. The quantitative estimate of drug-likeness (QED) is 0.421.